The van der Waals surface area contributed by atoms with E-state index in [1.54, 1.807) is 12.1 Å². The molecule has 1 aliphatic rings. The molecule has 0 heterocycles. The molecule has 0 radical (unpaired) electrons. The number of nitrogens with one attached hydrogen (secondary N) is 2. The number of anilines is 2. The van der Waals surface area contributed by atoms with E-state index in [4.69, 9.17) is 4.74 Å². The van der Waals surface area contributed by atoms with Crippen LogP contribution < -0.4 is 15.4 Å². The van der Waals surface area contributed by atoms with Gasteiger partial charge in [0.25, 0.3) is 0 Å². The van der Waals surface area contributed by atoms with Crippen LogP contribution in [0.1, 0.15) is 17.5 Å². The average Bonchev–Trinajstić information content (AvgIpc) is 2.79. The van der Waals surface area contributed by atoms with Crippen molar-refractivity contribution in [2.24, 2.45) is 5.92 Å². The second kappa shape index (κ2) is 10.3. The Hall–Kier alpha value is -3.03. The van der Waals surface area contributed by atoms with Crippen LogP contribution in [0.3, 0.4) is 0 Å². The second-order valence-electron chi connectivity index (χ2n) is 8.62. The molecular formula is C26H28BrN3O3. The zero-order valence-electron chi connectivity index (χ0n) is 18.8. The zero-order valence-corrected chi connectivity index (χ0v) is 20.4. The Morgan fingerprint density at radius 1 is 1.09 bits per heavy atom. The highest BCUT2D eigenvalue weighted by Gasteiger charge is 2.20. The van der Waals surface area contributed by atoms with Gasteiger partial charge < -0.3 is 25.4 Å². The lowest BCUT2D eigenvalue weighted by Crippen LogP contribution is -2.26. The Morgan fingerprint density at radius 3 is 2.64 bits per heavy atom. The number of carbonyl (C=O) groups excluding carboxylic acids is 1. The lowest BCUT2D eigenvalue weighted by Gasteiger charge is -2.27. The van der Waals surface area contributed by atoms with Crippen molar-refractivity contribution >= 4 is 33.3 Å². The van der Waals surface area contributed by atoms with Crippen molar-refractivity contribution in [1.82, 2.24) is 4.90 Å². The SMILES string of the molecule is CN(C)CC1CCc2cc(NC(=O)Nc3ccc(Oc4ccccc4)c(Br)c3O)ccc2C1. The van der Waals surface area contributed by atoms with Crippen molar-refractivity contribution in [1.29, 1.82) is 0 Å². The summed E-state index contributed by atoms with van der Waals surface area (Å²) in [6.45, 7) is 1.09. The summed E-state index contributed by atoms with van der Waals surface area (Å²) in [5.74, 6) is 1.67. The van der Waals surface area contributed by atoms with Crippen LogP contribution in [-0.4, -0.2) is 36.7 Å². The maximum atomic E-state index is 12.6. The minimum absolute atomic E-state index is 0.101. The molecule has 7 heteroatoms. The van der Waals surface area contributed by atoms with E-state index in [0.717, 1.165) is 31.5 Å². The van der Waals surface area contributed by atoms with Crippen LogP contribution in [0.25, 0.3) is 0 Å². The molecule has 0 saturated heterocycles. The third kappa shape index (κ3) is 5.86. The molecule has 0 saturated carbocycles. The van der Waals surface area contributed by atoms with E-state index in [0.29, 0.717) is 21.9 Å². The number of hydrogen-bond donors (Lipinski definition) is 3. The van der Waals surface area contributed by atoms with E-state index in [-0.39, 0.29) is 11.4 Å². The zero-order chi connectivity index (χ0) is 23.4. The van der Waals surface area contributed by atoms with Crippen molar-refractivity contribution in [3.63, 3.8) is 0 Å². The average molecular weight is 510 g/mol. The number of rotatable bonds is 6. The quantitative estimate of drug-likeness (QED) is 0.343. The van der Waals surface area contributed by atoms with Crippen molar-refractivity contribution in [2.45, 2.75) is 19.3 Å². The summed E-state index contributed by atoms with van der Waals surface area (Å²) in [5, 5.41) is 16.1. The first-order chi connectivity index (χ1) is 15.9. The van der Waals surface area contributed by atoms with Gasteiger partial charge in [-0.15, -0.1) is 0 Å². The summed E-state index contributed by atoms with van der Waals surface area (Å²) < 4.78 is 6.16. The molecule has 3 aromatic rings. The Morgan fingerprint density at radius 2 is 1.88 bits per heavy atom. The smallest absolute Gasteiger partial charge is 0.323 e. The summed E-state index contributed by atoms with van der Waals surface area (Å²) in [4.78, 5) is 14.8. The summed E-state index contributed by atoms with van der Waals surface area (Å²) in [6.07, 6.45) is 3.24. The van der Waals surface area contributed by atoms with Gasteiger partial charge in [0.15, 0.2) is 5.75 Å². The molecule has 1 aliphatic carbocycles. The first kappa shape index (κ1) is 23.1. The molecule has 6 nitrogen and oxygen atoms in total. The third-order valence-corrected chi connectivity index (χ3v) is 6.48. The molecule has 0 fully saturated rings. The lowest BCUT2D eigenvalue weighted by molar-refractivity contribution is 0.262. The number of benzene rings is 3. The van der Waals surface area contributed by atoms with Gasteiger partial charge in [-0.25, -0.2) is 4.79 Å². The van der Waals surface area contributed by atoms with Gasteiger partial charge in [-0.1, -0.05) is 24.3 Å². The van der Waals surface area contributed by atoms with Gasteiger partial charge in [-0.3, -0.25) is 0 Å². The highest BCUT2D eigenvalue weighted by atomic mass is 79.9. The molecule has 33 heavy (non-hydrogen) atoms. The minimum Gasteiger partial charge on any atom is -0.505 e. The Bertz CT molecular complexity index is 1140. The number of aromatic hydroxyl groups is 1. The highest BCUT2D eigenvalue weighted by Crippen LogP contribution is 2.41. The largest absolute Gasteiger partial charge is 0.505 e. The van der Waals surface area contributed by atoms with Crippen LogP contribution in [0.2, 0.25) is 0 Å². The standard InChI is InChI=1S/C26H28BrN3O3/c1-30(2)16-17-8-9-19-15-20(11-10-18(19)14-17)28-26(32)29-22-12-13-23(24(27)25(22)31)33-21-6-4-3-5-7-21/h3-7,10-13,15,17,31H,8-9,14,16H2,1-2H3,(H2,28,29,32). The molecule has 3 aromatic carbocycles. The lowest BCUT2D eigenvalue weighted by atomic mass is 9.83. The molecule has 3 N–H and O–H groups in total. The van der Waals surface area contributed by atoms with Crippen LogP contribution in [0.5, 0.6) is 17.2 Å². The van der Waals surface area contributed by atoms with Crippen LogP contribution in [0, 0.1) is 5.92 Å². The molecule has 172 valence electrons. The number of phenolic OH excluding ortho intramolecular Hbond substituents is 1. The monoisotopic (exact) mass is 509 g/mol. The van der Waals surface area contributed by atoms with Crippen LogP contribution in [0.15, 0.2) is 65.1 Å². The van der Waals surface area contributed by atoms with Crippen molar-refractivity contribution in [2.75, 3.05) is 31.3 Å². The Balaban J connectivity index is 1.39. The number of hydrogen-bond acceptors (Lipinski definition) is 4. The number of fused-ring (bicyclic) bond motifs is 1. The highest BCUT2D eigenvalue weighted by molar-refractivity contribution is 9.10. The van der Waals surface area contributed by atoms with E-state index in [1.807, 2.05) is 42.5 Å². The van der Waals surface area contributed by atoms with Crippen LogP contribution >= 0.6 is 15.9 Å². The van der Waals surface area contributed by atoms with Gasteiger partial charge in [0, 0.05) is 12.2 Å². The van der Waals surface area contributed by atoms with Crippen molar-refractivity contribution in [3.05, 3.63) is 76.3 Å². The number of nitrogens with zero attached hydrogens (tertiary/aromatic N) is 1. The summed E-state index contributed by atoms with van der Waals surface area (Å²) >= 11 is 3.36. The van der Waals surface area contributed by atoms with E-state index in [2.05, 4.69) is 51.6 Å². The fraction of sp³-hybridized carbons (Fsp3) is 0.269. The summed E-state index contributed by atoms with van der Waals surface area (Å²) in [7, 11) is 4.22. The molecule has 1 atom stereocenters. The summed E-state index contributed by atoms with van der Waals surface area (Å²) in [6, 6.07) is 18.2. The van der Waals surface area contributed by atoms with Crippen LogP contribution in [-0.2, 0) is 12.8 Å². The molecule has 0 aliphatic heterocycles. The van der Waals surface area contributed by atoms with E-state index in [9.17, 15) is 9.90 Å². The minimum atomic E-state index is -0.421. The van der Waals surface area contributed by atoms with Crippen molar-refractivity contribution in [3.8, 4) is 17.2 Å². The fourth-order valence-corrected chi connectivity index (χ4v) is 4.63. The summed E-state index contributed by atoms with van der Waals surface area (Å²) in [5.41, 5.74) is 3.66. The van der Waals surface area contributed by atoms with Gasteiger partial charge in [0.1, 0.15) is 16.0 Å². The molecule has 0 spiro atoms. The van der Waals surface area contributed by atoms with Crippen molar-refractivity contribution < 1.29 is 14.6 Å². The number of halogens is 1. The molecular weight excluding hydrogens is 482 g/mol. The number of amides is 2. The molecule has 0 aromatic heterocycles. The Labute approximate surface area is 202 Å². The molecule has 0 bridgehead atoms. The van der Waals surface area contributed by atoms with Crippen LogP contribution in [0.4, 0.5) is 16.2 Å². The van der Waals surface area contributed by atoms with E-state index >= 15 is 0 Å². The normalized spacial score (nSPS) is 15.1. The van der Waals surface area contributed by atoms with E-state index in [1.165, 1.54) is 11.1 Å². The number of para-hydroxylation sites is 1. The van der Waals surface area contributed by atoms with Gasteiger partial charge in [-0.05, 0) is 103 Å². The number of ether oxygens (including phenoxy) is 1. The predicted octanol–water partition coefficient (Wildman–Crippen LogP) is 6.26. The number of aryl methyl sites for hydroxylation is 1. The molecule has 1 unspecified atom stereocenters. The first-order valence-electron chi connectivity index (χ1n) is 11.0. The van der Waals surface area contributed by atoms with E-state index < -0.39 is 6.03 Å². The fourth-order valence-electron chi connectivity index (χ4n) is 4.21. The topological polar surface area (TPSA) is 73.8 Å². The number of urea groups is 1. The maximum Gasteiger partial charge on any atom is 0.323 e. The maximum absolute atomic E-state index is 12.6. The molecule has 2 amide bonds. The predicted molar refractivity (Wildman–Crippen MR) is 135 cm³/mol. The Kier molecular flexibility index (Phi) is 7.20. The third-order valence-electron chi connectivity index (χ3n) is 5.72. The van der Waals surface area contributed by atoms with Gasteiger partial charge in [0.05, 0.1) is 5.69 Å². The number of carbonyl (C=O) groups is 1. The number of phenols is 1. The van der Waals surface area contributed by atoms with Gasteiger partial charge >= 0.3 is 6.03 Å². The van der Waals surface area contributed by atoms with Gasteiger partial charge in [-0.2, -0.15) is 0 Å². The first-order valence-corrected chi connectivity index (χ1v) is 11.8. The second-order valence-corrected chi connectivity index (χ2v) is 9.42. The molecule has 4 rings (SSSR count). The van der Waals surface area contributed by atoms with Gasteiger partial charge in [0.2, 0.25) is 0 Å².